The number of ether oxygens (including phenoxy) is 1. The van der Waals surface area contributed by atoms with E-state index in [2.05, 4.69) is 20.8 Å². The normalized spacial score (nSPS) is 21.9. The molecule has 2 amide bonds. The number of aromatic nitrogens is 4. The monoisotopic (exact) mass is 389 g/mol. The SMILES string of the molecule is CC(=O)NC[C@H]1CN(c2ccc(N3CC[C@@H](n4cnnn4)C3)c(F)c2)C(=O)O1. The molecular formula is C17H20FN7O3. The summed E-state index contributed by atoms with van der Waals surface area (Å²) in [6.07, 6.45) is 1.36. The zero-order valence-electron chi connectivity index (χ0n) is 15.3. The smallest absolute Gasteiger partial charge is 0.414 e. The highest BCUT2D eigenvalue weighted by Gasteiger charge is 2.33. The van der Waals surface area contributed by atoms with Gasteiger partial charge >= 0.3 is 6.09 Å². The second-order valence-corrected chi connectivity index (χ2v) is 6.87. The maximum Gasteiger partial charge on any atom is 0.414 e. The van der Waals surface area contributed by atoms with Crippen LogP contribution >= 0.6 is 0 Å². The van der Waals surface area contributed by atoms with Crippen LogP contribution in [0.15, 0.2) is 24.5 Å². The molecule has 4 rings (SSSR count). The van der Waals surface area contributed by atoms with Crippen LogP contribution in [0.25, 0.3) is 0 Å². The van der Waals surface area contributed by atoms with Crippen molar-refractivity contribution in [3.8, 4) is 0 Å². The minimum atomic E-state index is -0.553. The zero-order chi connectivity index (χ0) is 19.7. The molecule has 3 heterocycles. The fourth-order valence-electron chi connectivity index (χ4n) is 3.53. The quantitative estimate of drug-likeness (QED) is 0.803. The van der Waals surface area contributed by atoms with E-state index in [1.807, 2.05) is 4.90 Å². The maximum absolute atomic E-state index is 14.8. The molecule has 2 aromatic rings. The fourth-order valence-corrected chi connectivity index (χ4v) is 3.53. The molecule has 0 bridgehead atoms. The largest absolute Gasteiger partial charge is 0.442 e. The Kier molecular flexibility index (Phi) is 4.80. The molecule has 0 radical (unpaired) electrons. The molecule has 2 fully saturated rings. The number of hydrogen-bond acceptors (Lipinski definition) is 7. The zero-order valence-corrected chi connectivity index (χ0v) is 15.3. The predicted molar refractivity (Wildman–Crippen MR) is 96.4 cm³/mol. The van der Waals surface area contributed by atoms with Gasteiger partial charge in [0.2, 0.25) is 5.91 Å². The molecule has 1 aromatic heterocycles. The van der Waals surface area contributed by atoms with Crippen molar-refractivity contribution in [2.24, 2.45) is 0 Å². The predicted octanol–water partition coefficient (Wildman–Crippen LogP) is 0.725. The topological polar surface area (TPSA) is 105 Å². The lowest BCUT2D eigenvalue weighted by molar-refractivity contribution is -0.119. The van der Waals surface area contributed by atoms with Gasteiger partial charge in [-0.3, -0.25) is 9.69 Å². The van der Waals surface area contributed by atoms with Crippen LogP contribution in [0.5, 0.6) is 0 Å². The second kappa shape index (κ2) is 7.41. The van der Waals surface area contributed by atoms with E-state index in [-0.39, 0.29) is 25.0 Å². The van der Waals surface area contributed by atoms with Crippen LogP contribution in [0.4, 0.5) is 20.6 Å². The van der Waals surface area contributed by atoms with Crippen molar-refractivity contribution in [3.05, 3.63) is 30.3 Å². The third-order valence-corrected chi connectivity index (χ3v) is 4.94. The highest BCUT2D eigenvalue weighted by Crippen LogP contribution is 2.31. The van der Waals surface area contributed by atoms with E-state index in [4.69, 9.17) is 4.74 Å². The van der Waals surface area contributed by atoms with E-state index in [0.29, 0.717) is 24.5 Å². The fraction of sp³-hybridized carbons (Fsp3) is 0.471. The van der Waals surface area contributed by atoms with Crippen molar-refractivity contribution >= 4 is 23.4 Å². The molecule has 148 valence electrons. The van der Waals surface area contributed by atoms with Crippen LogP contribution in [-0.2, 0) is 9.53 Å². The minimum absolute atomic E-state index is 0.0946. The molecule has 1 aromatic carbocycles. The summed E-state index contributed by atoms with van der Waals surface area (Å²) in [6, 6.07) is 4.80. The first kappa shape index (κ1) is 18.1. The lowest BCUT2D eigenvalue weighted by Crippen LogP contribution is -2.33. The summed E-state index contributed by atoms with van der Waals surface area (Å²) in [6.45, 7) is 3.16. The van der Waals surface area contributed by atoms with Crippen LogP contribution < -0.4 is 15.1 Å². The lowest BCUT2D eigenvalue weighted by Gasteiger charge is -2.21. The molecule has 2 aliphatic heterocycles. The van der Waals surface area contributed by atoms with Gasteiger partial charge in [0, 0.05) is 20.0 Å². The van der Waals surface area contributed by atoms with E-state index in [1.165, 1.54) is 17.9 Å². The van der Waals surface area contributed by atoms with E-state index in [1.54, 1.807) is 23.1 Å². The third-order valence-electron chi connectivity index (χ3n) is 4.94. The van der Waals surface area contributed by atoms with Crippen LogP contribution in [0.2, 0.25) is 0 Å². The summed E-state index contributed by atoms with van der Waals surface area (Å²) in [4.78, 5) is 26.4. The second-order valence-electron chi connectivity index (χ2n) is 6.87. The van der Waals surface area contributed by atoms with Gasteiger partial charge in [-0.1, -0.05) is 0 Å². The number of amides is 2. The Morgan fingerprint density at radius 2 is 2.25 bits per heavy atom. The average Bonchev–Trinajstić information content (AvgIpc) is 3.40. The number of nitrogens with zero attached hydrogens (tertiary/aromatic N) is 6. The van der Waals surface area contributed by atoms with Crippen molar-refractivity contribution in [2.75, 3.05) is 36.0 Å². The Morgan fingerprint density at radius 3 is 2.96 bits per heavy atom. The number of hydrogen-bond donors (Lipinski definition) is 1. The maximum atomic E-state index is 14.8. The number of anilines is 2. The molecule has 0 saturated carbocycles. The van der Waals surface area contributed by atoms with Gasteiger partial charge < -0.3 is 15.0 Å². The molecule has 2 aliphatic rings. The highest BCUT2D eigenvalue weighted by atomic mass is 19.1. The van der Waals surface area contributed by atoms with Gasteiger partial charge in [-0.25, -0.2) is 13.9 Å². The summed E-state index contributed by atoms with van der Waals surface area (Å²) < 4.78 is 21.7. The number of nitrogens with one attached hydrogen (secondary N) is 1. The first-order chi connectivity index (χ1) is 13.5. The van der Waals surface area contributed by atoms with Gasteiger partial charge in [-0.05, 0) is 35.0 Å². The Bertz CT molecular complexity index is 876. The van der Waals surface area contributed by atoms with Crippen molar-refractivity contribution in [2.45, 2.75) is 25.5 Å². The average molecular weight is 389 g/mol. The number of carbonyl (C=O) groups excluding carboxylic acids is 2. The number of benzene rings is 1. The van der Waals surface area contributed by atoms with E-state index >= 15 is 0 Å². The summed E-state index contributed by atoms with van der Waals surface area (Å²) in [5.74, 6) is -0.608. The summed E-state index contributed by atoms with van der Waals surface area (Å²) in [5.41, 5.74) is 0.898. The van der Waals surface area contributed by atoms with Crippen molar-refractivity contribution in [1.82, 2.24) is 25.5 Å². The number of carbonyl (C=O) groups is 2. The Labute approximate surface area is 160 Å². The van der Waals surface area contributed by atoms with Crippen molar-refractivity contribution in [3.63, 3.8) is 0 Å². The third kappa shape index (κ3) is 3.59. The number of tetrazole rings is 1. The van der Waals surface area contributed by atoms with Gasteiger partial charge in [-0.2, -0.15) is 0 Å². The van der Waals surface area contributed by atoms with Crippen molar-refractivity contribution in [1.29, 1.82) is 0 Å². The van der Waals surface area contributed by atoms with E-state index in [9.17, 15) is 14.0 Å². The molecular weight excluding hydrogens is 369 g/mol. The number of halogens is 1. The molecule has 0 aliphatic carbocycles. The van der Waals surface area contributed by atoms with Crippen LogP contribution in [0, 0.1) is 5.82 Å². The highest BCUT2D eigenvalue weighted by molar-refractivity contribution is 5.90. The van der Waals surface area contributed by atoms with Crippen LogP contribution in [0.1, 0.15) is 19.4 Å². The molecule has 28 heavy (non-hydrogen) atoms. The Balaban J connectivity index is 1.43. The van der Waals surface area contributed by atoms with Crippen LogP contribution in [0.3, 0.4) is 0 Å². The molecule has 10 nitrogen and oxygen atoms in total. The first-order valence-electron chi connectivity index (χ1n) is 9.01. The standard InChI is InChI=1S/C17H20FN7O3/c1-11(26)19-7-14-9-24(17(27)28-14)12-2-3-16(15(18)6-12)23-5-4-13(8-23)25-10-20-21-22-25/h2-3,6,10,13-14H,4-5,7-9H2,1H3,(H,19,26)/t13-,14+/m1/s1. The molecule has 0 spiro atoms. The molecule has 0 unspecified atom stereocenters. The molecule has 1 N–H and O–H groups in total. The molecule has 11 heteroatoms. The van der Waals surface area contributed by atoms with Gasteiger partial charge in [0.15, 0.2) is 0 Å². The summed E-state index contributed by atoms with van der Waals surface area (Å²) in [5, 5.41) is 13.8. The molecule has 2 saturated heterocycles. The Hall–Kier alpha value is -3.24. The summed E-state index contributed by atoms with van der Waals surface area (Å²) in [7, 11) is 0. The van der Waals surface area contributed by atoms with Gasteiger partial charge in [0.25, 0.3) is 0 Å². The van der Waals surface area contributed by atoms with Gasteiger partial charge in [0.05, 0.1) is 30.5 Å². The first-order valence-corrected chi connectivity index (χ1v) is 9.01. The number of rotatable bonds is 5. The van der Waals surface area contributed by atoms with Crippen molar-refractivity contribution < 1.29 is 18.7 Å². The van der Waals surface area contributed by atoms with E-state index in [0.717, 1.165) is 6.42 Å². The lowest BCUT2D eigenvalue weighted by atomic mass is 10.2. The summed E-state index contributed by atoms with van der Waals surface area (Å²) >= 11 is 0. The minimum Gasteiger partial charge on any atom is -0.442 e. The van der Waals surface area contributed by atoms with Gasteiger partial charge in [0.1, 0.15) is 18.2 Å². The molecule has 2 atom stereocenters. The Morgan fingerprint density at radius 1 is 1.39 bits per heavy atom. The van der Waals surface area contributed by atoms with Crippen LogP contribution in [-0.4, -0.2) is 64.5 Å². The van der Waals surface area contributed by atoms with E-state index < -0.39 is 18.0 Å². The van der Waals surface area contributed by atoms with Gasteiger partial charge in [-0.15, -0.1) is 5.10 Å². The number of cyclic esters (lactones) is 1.